The average molecular weight is 201 g/mol. The van der Waals surface area contributed by atoms with Gasteiger partial charge in [-0.05, 0) is 0 Å². The molecule has 2 aliphatic heterocycles. The van der Waals surface area contributed by atoms with Gasteiger partial charge in [0.2, 0.25) is 0 Å². The number of hydrogen-bond donors (Lipinski definition) is 2. The highest BCUT2D eigenvalue weighted by molar-refractivity contribution is 4.87. The molecule has 3 N–H and O–H groups in total. The first-order valence-corrected chi connectivity index (χ1v) is 5.22. The fourth-order valence-electron chi connectivity index (χ4n) is 2.10. The van der Waals surface area contributed by atoms with Crippen molar-refractivity contribution >= 4 is 0 Å². The van der Waals surface area contributed by atoms with E-state index in [0.717, 1.165) is 32.8 Å². The molecule has 14 heavy (non-hydrogen) atoms. The lowest BCUT2D eigenvalue weighted by molar-refractivity contribution is -0.0900. The van der Waals surface area contributed by atoms with Gasteiger partial charge in [-0.1, -0.05) is 0 Å². The number of nitrogens with two attached hydrogens (primary N) is 1. The van der Waals surface area contributed by atoms with Crippen LogP contribution >= 0.6 is 0 Å². The Balaban J connectivity index is 1.86. The summed E-state index contributed by atoms with van der Waals surface area (Å²) < 4.78 is 5.17. The Morgan fingerprint density at radius 3 is 2.64 bits per heavy atom. The number of hydrogen-bond acceptors (Lipinski definition) is 5. The van der Waals surface area contributed by atoms with Gasteiger partial charge in [0.05, 0.1) is 25.9 Å². The summed E-state index contributed by atoms with van der Waals surface area (Å²) in [6, 6.07) is 0.776. The van der Waals surface area contributed by atoms with Crippen molar-refractivity contribution in [2.24, 2.45) is 5.73 Å². The van der Waals surface area contributed by atoms with Gasteiger partial charge in [-0.3, -0.25) is 9.80 Å². The molecule has 0 amide bonds. The van der Waals surface area contributed by atoms with E-state index in [0.29, 0.717) is 12.7 Å². The van der Waals surface area contributed by atoms with E-state index >= 15 is 0 Å². The summed E-state index contributed by atoms with van der Waals surface area (Å²) in [5.74, 6) is 0. The smallest absolute Gasteiger partial charge is 0.0645 e. The molecule has 2 rings (SSSR count). The van der Waals surface area contributed by atoms with E-state index in [1.54, 1.807) is 0 Å². The average Bonchev–Trinajstić information content (AvgIpc) is 2.15. The number of ether oxygens (including phenoxy) is 1. The zero-order valence-corrected chi connectivity index (χ0v) is 8.43. The predicted molar refractivity (Wildman–Crippen MR) is 52.8 cm³/mol. The van der Waals surface area contributed by atoms with Gasteiger partial charge >= 0.3 is 0 Å². The number of rotatable bonds is 3. The highest BCUT2D eigenvalue weighted by Gasteiger charge is 2.32. The summed E-state index contributed by atoms with van der Waals surface area (Å²) in [7, 11) is 0. The topological polar surface area (TPSA) is 62.0 Å². The van der Waals surface area contributed by atoms with Crippen molar-refractivity contribution in [3.63, 3.8) is 0 Å². The van der Waals surface area contributed by atoms with E-state index in [1.165, 1.54) is 0 Å². The van der Waals surface area contributed by atoms with Crippen molar-refractivity contribution in [2.45, 2.75) is 12.1 Å². The van der Waals surface area contributed by atoms with Crippen LogP contribution in [0.4, 0.5) is 0 Å². The number of aliphatic hydroxyl groups is 1. The van der Waals surface area contributed by atoms with E-state index < -0.39 is 0 Å². The van der Waals surface area contributed by atoms with Crippen molar-refractivity contribution in [3.05, 3.63) is 0 Å². The normalized spacial score (nSPS) is 31.7. The van der Waals surface area contributed by atoms with Gasteiger partial charge in [0.25, 0.3) is 0 Å². The molecule has 0 radical (unpaired) electrons. The molecule has 0 aromatic carbocycles. The quantitative estimate of drug-likeness (QED) is 0.569. The van der Waals surface area contributed by atoms with E-state index in [4.69, 9.17) is 10.5 Å². The SMILES string of the molecule is NCN1CCN(C2COC2)CC1CO. The zero-order chi connectivity index (χ0) is 9.97. The highest BCUT2D eigenvalue weighted by atomic mass is 16.5. The molecule has 5 nitrogen and oxygen atoms in total. The van der Waals surface area contributed by atoms with Gasteiger partial charge in [0.15, 0.2) is 0 Å². The van der Waals surface area contributed by atoms with Crippen molar-refractivity contribution in [1.29, 1.82) is 0 Å². The van der Waals surface area contributed by atoms with E-state index in [1.807, 2.05) is 0 Å². The van der Waals surface area contributed by atoms with Crippen LogP contribution in [0.2, 0.25) is 0 Å². The molecule has 0 bridgehead atoms. The molecule has 2 heterocycles. The summed E-state index contributed by atoms with van der Waals surface area (Å²) in [6.07, 6.45) is 0. The Bertz CT molecular complexity index is 187. The second-order valence-corrected chi connectivity index (χ2v) is 4.02. The minimum atomic E-state index is 0.196. The Hall–Kier alpha value is -0.200. The molecule has 0 aliphatic carbocycles. The third-order valence-electron chi connectivity index (χ3n) is 3.22. The van der Waals surface area contributed by atoms with Crippen LogP contribution in [0.25, 0.3) is 0 Å². The van der Waals surface area contributed by atoms with Crippen LogP contribution in [0, 0.1) is 0 Å². The largest absolute Gasteiger partial charge is 0.395 e. The number of aliphatic hydroxyl groups excluding tert-OH is 1. The molecular weight excluding hydrogens is 182 g/mol. The Kier molecular flexibility index (Phi) is 3.35. The van der Waals surface area contributed by atoms with Gasteiger partial charge in [-0.2, -0.15) is 0 Å². The predicted octanol–water partition coefficient (Wildman–Crippen LogP) is -1.72. The van der Waals surface area contributed by atoms with Crippen LogP contribution in [0.3, 0.4) is 0 Å². The van der Waals surface area contributed by atoms with Gasteiger partial charge in [-0.25, -0.2) is 0 Å². The van der Waals surface area contributed by atoms with Gasteiger partial charge in [0, 0.05) is 32.3 Å². The molecular formula is C9H19N3O2. The molecule has 1 atom stereocenters. The summed E-state index contributed by atoms with van der Waals surface area (Å²) in [4.78, 5) is 4.53. The van der Waals surface area contributed by atoms with Crippen molar-refractivity contribution in [1.82, 2.24) is 9.80 Å². The number of nitrogens with zero attached hydrogens (tertiary/aromatic N) is 2. The van der Waals surface area contributed by atoms with Crippen LogP contribution in [0.5, 0.6) is 0 Å². The van der Waals surface area contributed by atoms with Gasteiger partial charge in [-0.15, -0.1) is 0 Å². The van der Waals surface area contributed by atoms with Crippen LogP contribution in [0.1, 0.15) is 0 Å². The standard InChI is InChI=1S/C9H19N3O2/c10-7-12-2-1-11(3-8(12)4-13)9-5-14-6-9/h8-9,13H,1-7,10H2. The van der Waals surface area contributed by atoms with Crippen LogP contribution < -0.4 is 5.73 Å². The third kappa shape index (κ3) is 1.92. The highest BCUT2D eigenvalue weighted by Crippen LogP contribution is 2.16. The second kappa shape index (κ2) is 4.55. The van der Waals surface area contributed by atoms with Crippen molar-refractivity contribution in [2.75, 3.05) is 46.1 Å². The van der Waals surface area contributed by atoms with Crippen LogP contribution in [-0.2, 0) is 4.74 Å². The third-order valence-corrected chi connectivity index (χ3v) is 3.22. The molecule has 2 aliphatic rings. The van der Waals surface area contributed by atoms with Gasteiger partial charge in [0.1, 0.15) is 0 Å². The minimum Gasteiger partial charge on any atom is -0.395 e. The molecule has 2 saturated heterocycles. The first-order valence-electron chi connectivity index (χ1n) is 5.22. The maximum atomic E-state index is 9.23. The van der Waals surface area contributed by atoms with Crippen molar-refractivity contribution < 1.29 is 9.84 Å². The lowest BCUT2D eigenvalue weighted by atomic mass is 10.1. The molecule has 82 valence electrons. The maximum absolute atomic E-state index is 9.23. The Morgan fingerprint density at radius 1 is 1.36 bits per heavy atom. The molecule has 2 fully saturated rings. The first kappa shape index (κ1) is 10.3. The fourth-order valence-corrected chi connectivity index (χ4v) is 2.10. The number of piperazine rings is 1. The molecule has 1 unspecified atom stereocenters. The van der Waals surface area contributed by atoms with Crippen LogP contribution in [0.15, 0.2) is 0 Å². The Morgan fingerprint density at radius 2 is 2.14 bits per heavy atom. The lowest BCUT2D eigenvalue weighted by Crippen LogP contribution is -2.61. The summed E-state index contributed by atoms with van der Waals surface area (Å²) >= 11 is 0. The fraction of sp³-hybridized carbons (Fsp3) is 1.00. The summed E-state index contributed by atoms with van der Waals surface area (Å²) in [5.41, 5.74) is 5.61. The maximum Gasteiger partial charge on any atom is 0.0645 e. The van der Waals surface area contributed by atoms with Gasteiger partial charge < -0.3 is 15.6 Å². The van der Waals surface area contributed by atoms with E-state index in [2.05, 4.69) is 9.80 Å². The molecule has 0 aromatic rings. The molecule has 0 aromatic heterocycles. The Labute approximate surface area is 84.4 Å². The molecule has 0 spiro atoms. The second-order valence-electron chi connectivity index (χ2n) is 4.02. The van der Waals surface area contributed by atoms with E-state index in [-0.39, 0.29) is 12.6 Å². The lowest BCUT2D eigenvalue weighted by Gasteiger charge is -2.45. The minimum absolute atomic E-state index is 0.196. The molecule has 0 saturated carbocycles. The van der Waals surface area contributed by atoms with E-state index in [9.17, 15) is 5.11 Å². The zero-order valence-electron chi connectivity index (χ0n) is 8.43. The van der Waals surface area contributed by atoms with Crippen LogP contribution in [-0.4, -0.2) is 73.1 Å². The summed E-state index contributed by atoms with van der Waals surface area (Å²) in [6.45, 7) is 5.35. The summed E-state index contributed by atoms with van der Waals surface area (Å²) in [5, 5.41) is 9.23. The molecule has 5 heteroatoms. The monoisotopic (exact) mass is 201 g/mol. The first-order chi connectivity index (χ1) is 6.85. The van der Waals surface area contributed by atoms with Crippen molar-refractivity contribution in [3.8, 4) is 0 Å².